The molecule has 1 N–H and O–H groups in total. The van der Waals surface area contributed by atoms with Crippen molar-refractivity contribution in [2.75, 3.05) is 44.4 Å². The molecule has 0 aliphatic carbocycles. The molecule has 4 nitrogen and oxygen atoms in total. The molecule has 0 aliphatic heterocycles. The van der Waals surface area contributed by atoms with Gasteiger partial charge in [0.2, 0.25) is 0 Å². The van der Waals surface area contributed by atoms with Crippen LogP contribution in [-0.2, 0) is 6.18 Å². The highest BCUT2D eigenvalue weighted by Crippen LogP contribution is 2.35. The van der Waals surface area contributed by atoms with Gasteiger partial charge in [-0.1, -0.05) is 6.07 Å². The normalized spacial score (nSPS) is 11.6. The van der Waals surface area contributed by atoms with Crippen LogP contribution in [0.5, 0.6) is 0 Å². The number of carbonyl (C=O) groups is 1. The third-order valence-corrected chi connectivity index (χ3v) is 5.68. The van der Waals surface area contributed by atoms with Gasteiger partial charge in [0, 0.05) is 22.7 Å². The van der Waals surface area contributed by atoms with E-state index >= 15 is 0 Å². The number of aryl methyl sites for hydroxylation is 1. The molecule has 29 heavy (non-hydrogen) atoms. The molecular weight excluding hydrogens is 494 g/mol. The highest BCUT2D eigenvalue weighted by molar-refractivity contribution is 14.1. The first kappa shape index (κ1) is 23.5. The predicted molar refractivity (Wildman–Crippen MR) is 120 cm³/mol. The van der Waals surface area contributed by atoms with E-state index in [1.54, 1.807) is 24.1 Å². The Morgan fingerprint density at radius 1 is 1.07 bits per heavy atom. The van der Waals surface area contributed by atoms with E-state index in [9.17, 15) is 18.0 Å². The van der Waals surface area contributed by atoms with Crippen LogP contribution in [0.15, 0.2) is 36.4 Å². The third kappa shape index (κ3) is 6.60. The van der Waals surface area contributed by atoms with E-state index in [0.29, 0.717) is 23.5 Å². The van der Waals surface area contributed by atoms with Crippen LogP contribution in [0.3, 0.4) is 0 Å². The molecule has 158 valence electrons. The van der Waals surface area contributed by atoms with Gasteiger partial charge in [-0.15, -0.1) is 0 Å². The molecule has 0 spiro atoms. The van der Waals surface area contributed by atoms with Crippen molar-refractivity contribution in [1.29, 1.82) is 0 Å². The van der Waals surface area contributed by atoms with Crippen molar-refractivity contribution in [3.05, 3.63) is 56.7 Å². The summed E-state index contributed by atoms with van der Waals surface area (Å²) in [5.74, 6) is -0.356. The molecule has 8 heteroatoms. The average molecular weight is 519 g/mol. The van der Waals surface area contributed by atoms with Gasteiger partial charge in [0.25, 0.3) is 5.91 Å². The highest BCUT2D eigenvalue weighted by Gasteiger charge is 2.31. The number of rotatable bonds is 7. The minimum absolute atomic E-state index is 0.341. The standard InChI is InChI=1S/C21H25F3IN3O/c1-14-6-7-15(12-17(14)25)20(29)26-18-9-8-16(21(22,23)24)13-19(18)28(4)11-5-10-27(2)3/h6-9,12-13H,5,10-11H2,1-4H3,(H,26,29). The fourth-order valence-corrected chi connectivity index (χ4v) is 3.32. The summed E-state index contributed by atoms with van der Waals surface area (Å²) in [6.07, 6.45) is -3.67. The fourth-order valence-electron chi connectivity index (χ4n) is 2.80. The lowest BCUT2D eigenvalue weighted by Gasteiger charge is -2.24. The topological polar surface area (TPSA) is 35.6 Å². The van der Waals surface area contributed by atoms with Crippen LogP contribution in [0.25, 0.3) is 0 Å². The summed E-state index contributed by atoms with van der Waals surface area (Å²) >= 11 is 2.15. The second kappa shape index (κ2) is 9.80. The number of amides is 1. The second-order valence-electron chi connectivity index (χ2n) is 7.23. The van der Waals surface area contributed by atoms with Crippen LogP contribution < -0.4 is 10.2 Å². The molecule has 0 aliphatic rings. The van der Waals surface area contributed by atoms with Crippen molar-refractivity contribution in [1.82, 2.24) is 4.90 Å². The number of alkyl halides is 3. The number of hydrogen-bond acceptors (Lipinski definition) is 3. The molecule has 0 fully saturated rings. The Labute approximate surface area is 183 Å². The number of nitrogens with one attached hydrogen (secondary N) is 1. The van der Waals surface area contributed by atoms with Crippen molar-refractivity contribution in [2.45, 2.75) is 19.5 Å². The Hall–Kier alpha value is -1.81. The van der Waals surface area contributed by atoms with Gasteiger partial charge in [0.15, 0.2) is 0 Å². The largest absolute Gasteiger partial charge is 0.416 e. The molecule has 2 aromatic rings. The van der Waals surface area contributed by atoms with Crippen LogP contribution >= 0.6 is 22.6 Å². The van der Waals surface area contributed by atoms with Gasteiger partial charge >= 0.3 is 6.18 Å². The van der Waals surface area contributed by atoms with Gasteiger partial charge in [0.05, 0.1) is 16.9 Å². The number of anilines is 2. The fraction of sp³-hybridized carbons (Fsp3) is 0.381. The van der Waals surface area contributed by atoms with Crippen LogP contribution in [0.4, 0.5) is 24.5 Å². The predicted octanol–water partition coefficient (Wildman–Crippen LogP) is 5.26. The zero-order chi connectivity index (χ0) is 21.8. The van der Waals surface area contributed by atoms with E-state index < -0.39 is 11.7 Å². The van der Waals surface area contributed by atoms with Gasteiger partial charge in [0.1, 0.15) is 0 Å². The maximum atomic E-state index is 13.2. The lowest BCUT2D eigenvalue weighted by molar-refractivity contribution is -0.137. The smallest absolute Gasteiger partial charge is 0.373 e. The number of benzene rings is 2. The Balaban J connectivity index is 2.31. The number of halogens is 4. The first-order valence-corrected chi connectivity index (χ1v) is 10.2. The van der Waals surface area contributed by atoms with Gasteiger partial charge in [-0.3, -0.25) is 4.79 Å². The lowest BCUT2D eigenvalue weighted by atomic mass is 10.1. The Morgan fingerprint density at radius 3 is 2.34 bits per heavy atom. The zero-order valence-corrected chi connectivity index (χ0v) is 19.1. The zero-order valence-electron chi connectivity index (χ0n) is 16.9. The molecule has 1 amide bonds. The first-order chi connectivity index (χ1) is 13.5. The van der Waals surface area contributed by atoms with Crippen molar-refractivity contribution >= 4 is 39.9 Å². The summed E-state index contributed by atoms with van der Waals surface area (Å²) in [6.45, 7) is 3.32. The molecule has 0 heterocycles. The molecule has 0 saturated carbocycles. The Kier molecular flexibility index (Phi) is 7.93. The SMILES string of the molecule is Cc1ccc(C(=O)Nc2ccc(C(F)(F)F)cc2N(C)CCCN(C)C)cc1I. The maximum Gasteiger partial charge on any atom is 0.416 e. The molecule has 0 radical (unpaired) electrons. The van der Waals surface area contributed by atoms with Crippen molar-refractivity contribution in [3.8, 4) is 0 Å². The van der Waals surface area contributed by atoms with Crippen molar-refractivity contribution < 1.29 is 18.0 Å². The average Bonchev–Trinajstić information content (AvgIpc) is 2.62. The number of hydrogen-bond donors (Lipinski definition) is 1. The summed E-state index contributed by atoms with van der Waals surface area (Å²) < 4.78 is 40.6. The van der Waals surface area contributed by atoms with E-state index in [1.807, 2.05) is 32.0 Å². The van der Waals surface area contributed by atoms with Gasteiger partial charge in [-0.05, 0) is 92.5 Å². The molecule has 0 saturated heterocycles. The highest BCUT2D eigenvalue weighted by atomic mass is 127. The van der Waals surface area contributed by atoms with E-state index in [1.165, 1.54) is 6.07 Å². The number of nitrogens with zero attached hydrogens (tertiary/aromatic N) is 2. The van der Waals surface area contributed by atoms with E-state index in [0.717, 1.165) is 34.2 Å². The Morgan fingerprint density at radius 2 is 1.76 bits per heavy atom. The van der Waals surface area contributed by atoms with Gasteiger partial charge < -0.3 is 15.1 Å². The van der Waals surface area contributed by atoms with Gasteiger partial charge in [-0.2, -0.15) is 13.2 Å². The number of carbonyl (C=O) groups excluding carboxylic acids is 1. The molecule has 2 rings (SSSR count). The Bertz CT molecular complexity index is 869. The molecule has 0 atom stereocenters. The minimum Gasteiger partial charge on any atom is -0.373 e. The summed E-state index contributed by atoms with van der Waals surface area (Å²) in [5.41, 5.74) is 1.47. The van der Waals surface area contributed by atoms with Crippen molar-refractivity contribution in [2.24, 2.45) is 0 Å². The van der Waals surface area contributed by atoms with E-state index in [4.69, 9.17) is 0 Å². The first-order valence-electron chi connectivity index (χ1n) is 9.13. The minimum atomic E-state index is -4.45. The summed E-state index contributed by atoms with van der Waals surface area (Å²) in [6, 6.07) is 8.71. The molecule has 0 bridgehead atoms. The van der Waals surface area contributed by atoms with E-state index in [-0.39, 0.29) is 5.91 Å². The third-order valence-electron chi connectivity index (χ3n) is 4.52. The van der Waals surface area contributed by atoms with Crippen LogP contribution in [0.2, 0.25) is 0 Å². The van der Waals surface area contributed by atoms with Gasteiger partial charge in [-0.25, -0.2) is 0 Å². The van der Waals surface area contributed by atoms with Crippen molar-refractivity contribution in [3.63, 3.8) is 0 Å². The monoisotopic (exact) mass is 519 g/mol. The second-order valence-corrected chi connectivity index (χ2v) is 8.39. The molecule has 0 unspecified atom stereocenters. The molecular formula is C21H25F3IN3O. The summed E-state index contributed by atoms with van der Waals surface area (Å²) in [4.78, 5) is 16.4. The van der Waals surface area contributed by atoms with Crippen LogP contribution in [0, 0.1) is 10.5 Å². The van der Waals surface area contributed by atoms with Crippen LogP contribution in [0.1, 0.15) is 27.9 Å². The van der Waals surface area contributed by atoms with E-state index in [2.05, 4.69) is 27.9 Å². The molecule has 0 aromatic heterocycles. The summed E-state index contributed by atoms with van der Waals surface area (Å²) in [5, 5.41) is 2.77. The lowest BCUT2D eigenvalue weighted by Crippen LogP contribution is -2.25. The molecule has 2 aromatic carbocycles. The summed E-state index contributed by atoms with van der Waals surface area (Å²) in [7, 11) is 5.62. The quantitative estimate of drug-likeness (QED) is 0.508. The van der Waals surface area contributed by atoms with Crippen LogP contribution in [-0.4, -0.2) is 45.0 Å². The maximum absolute atomic E-state index is 13.2.